The minimum absolute atomic E-state index is 0.152. The summed E-state index contributed by atoms with van der Waals surface area (Å²) in [4.78, 5) is 17.7. The number of halogens is 1. The van der Waals surface area contributed by atoms with Gasteiger partial charge >= 0.3 is 0 Å². The number of aryl methyl sites for hydroxylation is 1. The molecule has 100 valence electrons. The van der Waals surface area contributed by atoms with Crippen LogP contribution in [0.4, 0.5) is 15.2 Å². The van der Waals surface area contributed by atoms with Crippen molar-refractivity contribution in [1.82, 2.24) is 4.98 Å². The van der Waals surface area contributed by atoms with Crippen molar-refractivity contribution >= 4 is 28.1 Å². The second kappa shape index (κ2) is 5.79. The van der Waals surface area contributed by atoms with Gasteiger partial charge in [0.1, 0.15) is 5.82 Å². The van der Waals surface area contributed by atoms with E-state index in [2.05, 4.69) is 10.3 Å². The van der Waals surface area contributed by atoms with Crippen LogP contribution in [0, 0.1) is 12.7 Å². The molecular formula is C13H14FN3OS. The molecule has 0 fully saturated rings. The topological polar surface area (TPSA) is 45.2 Å². The van der Waals surface area contributed by atoms with Crippen molar-refractivity contribution in [3.05, 3.63) is 41.2 Å². The summed E-state index contributed by atoms with van der Waals surface area (Å²) in [6.45, 7) is 2.06. The number of nitrogens with one attached hydrogen (secondary N) is 1. The SMILES string of the molecule is Cc1csc(NC(=O)CN(C)c2ccc(F)cc2)n1. The lowest BCUT2D eigenvalue weighted by Gasteiger charge is -2.18. The molecule has 1 heterocycles. The predicted octanol–water partition coefficient (Wildman–Crippen LogP) is 2.67. The number of amides is 1. The molecule has 1 aromatic heterocycles. The third kappa shape index (κ3) is 3.75. The highest BCUT2D eigenvalue weighted by molar-refractivity contribution is 7.13. The lowest BCUT2D eigenvalue weighted by Crippen LogP contribution is -2.29. The lowest BCUT2D eigenvalue weighted by atomic mass is 10.3. The van der Waals surface area contributed by atoms with Crippen molar-refractivity contribution in [2.75, 3.05) is 23.8 Å². The molecule has 0 aliphatic heterocycles. The van der Waals surface area contributed by atoms with Crippen molar-refractivity contribution < 1.29 is 9.18 Å². The zero-order valence-electron chi connectivity index (χ0n) is 10.7. The Labute approximate surface area is 114 Å². The summed E-state index contributed by atoms with van der Waals surface area (Å²) in [5.74, 6) is -0.443. The first kappa shape index (κ1) is 13.5. The summed E-state index contributed by atoms with van der Waals surface area (Å²) in [5.41, 5.74) is 1.67. The largest absolute Gasteiger partial charge is 0.365 e. The Bertz CT molecular complexity index is 568. The molecule has 0 aliphatic carbocycles. The summed E-state index contributed by atoms with van der Waals surface area (Å²) in [5, 5.41) is 5.19. The molecule has 0 bridgehead atoms. The van der Waals surface area contributed by atoms with Crippen molar-refractivity contribution in [2.45, 2.75) is 6.92 Å². The molecule has 0 atom stereocenters. The third-order valence-electron chi connectivity index (χ3n) is 2.51. The second-order valence-corrected chi connectivity index (χ2v) is 5.03. The van der Waals surface area contributed by atoms with Crippen LogP contribution in [0.2, 0.25) is 0 Å². The van der Waals surface area contributed by atoms with Crippen LogP contribution in [0.1, 0.15) is 5.69 Å². The highest BCUT2D eigenvalue weighted by atomic mass is 32.1. The smallest absolute Gasteiger partial charge is 0.245 e. The number of likely N-dealkylation sites (N-methyl/N-ethyl adjacent to an activating group) is 1. The number of hydrogen-bond donors (Lipinski definition) is 1. The normalized spacial score (nSPS) is 10.3. The Balaban J connectivity index is 1.93. The van der Waals surface area contributed by atoms with Gasteiger partial charge in [0, 0.05) is 18.1 Å². The Morgan fingerprint density at radius 3 is 2.68 bits per heavy atom. The summed E-state index contributed by atoms with van der Waals surface area (Å²) in [6, 6.07) is 6.01. The first-order valence-electron chi connectivity index (χ1n) is 5.73. The number of aromatic nitrogens is 1. The van der Waals surface area contributed by atoms with Gasteiger partial charge in [-0.2, -0.15) is 0 Å². The first-order valence-corrected chi connectivity index (χ1v) is 6.61. The minimum Gasteiger partial charge on any atom is -0.365 e. The fraction of sp³-hybridized carbons (Fsp3) is 0.231. The van der Waals surface area contributed by atoms with Crippen molar-refractivity contribution in [3.63, 3.8) is 0 Å². The fourth-order valence-electron chi connectivity index (χ4n) is 1.57. The molecule has 19 heavy (non-hydrogen) atoms. The van der Waals surface area contributed by atoms with Gasteiger partial charge in [-0.15, -0.1) is 11.3 Å². The van der Waals surface area contributed by atoms with Gasteiger partial charge in [-0.05, 0) is 31.2 Å². The Morgan fingerprint density at radius 1 is 1.42 bits per heavy atom. The molecule has 0 saturated heterocycles. The molecule has 0 aliphatic rings. The molecule has 2 aromatic rings. The van der Waals surface area contributed by atoms with Crippen molar-refractivity contribution in [1.29, 1.82) is 0 Å². The Hall–Kier alpha value is -1.95. The van der Waals surface area contributed by atoms with Gasteiger partial charge in [0.2, 0.25) is 5.91 Å². The zero-order valence-corrected chi connectivity index (χ0v) is 11.5. The van der Waals surface area contributed by atoms with Crippen LogP contribution in [0.5, 0.6) is 0 Å². The number of benzene rings is 1. The van der Waals surface area contributed by atoms with Crippen LogP contribution < -0.4 is 10.2 Å². The van der Waals surface area contributed by atoms with E-state index < -0.39 is 0 Å². The quantitative estimate of drug-likeness (QED) is 0.936. The predicted molar refractivity (Wildman–Crippen MR) is 75.2 cm³/mol. The molecule has 0 saturated carbocycles. The standard InChI is InChI=1S/C13H14FN3OS/c1-9-8-19-13(15-9)16-12(18)7-17(2)11-5-3-10(14)4-6-11/h3-6,8H,7H2,1-2H3,(H,15,16,18). The van der Waals surface area contributed by atoms with E-state index in [0.29, 0.717) is 5.13 Å². The maximum atomic E-state index is 12.8. The average molecular weight is 279 g/mol. The van der Waals surface area contributed by atoms with Gasteiger partial charge in [0.15, 0.2) is 5.13 Å². The van der Waals surface area contributed by atoms with E-state index in [1.54, 1.807) is 24.1 Å². The monoisotopic (exact) mass is 279 g/mol. The van der Waals surface area contributed by atoms with Gasteiger partial charge in [0.25, 0.3) is 0 Å². The van der Waals surface area contributed by atoms with Gasteiger partial charge in [-0.25, -0.2) is 9.37 Å². The van der Waals surface area contributed by atoms with Crippen LogP contribution in [0.25, 0.3) is 0 Å². The van der Waals surface area contributed by atoms with Crippen LogP contribution in [-0.2, 0) is 4.79 Å². The number of rotatable bonds is 4. The molecule has 0 spiro atoms. The van der Waals surface area contributed by atoms with Crippen LogP contribution >= 0.6 is 11.3 Å². The van der Waals surface area contributed by atoms with Gasteiger partial charge in [-0.3, -0.25) is 4.79 Å². The van der Waals surface area contributed by atoms with Gasteiger partial charge in [0.05, 0.1) is 12.2 Å². The second-order valence-electron chi connectivity index (χ2n) is 4.17. The average Bonchev–Trinajstić information content (AvgIpc) is 2.75. The highest BCUT2D eigenvalue weighted by Gasteiger charge is 2.09. The number of hydrogen-bond acceptors (Lipinski definition) is 4. The molecule has 1 aromatic carbocycles. The summed E-state index contributed by atoms with van der Waals surface area (Å²) < 4.78 is 12.8. The van der Waals surface area contributed by atoms with E-state index in [1.807, 2.05) is 12.3 Å². The molecule has 1 N–H and O–H groups in total. The molecular weight excluding hydrogens is 265 g/mol. The Morgan fingerprint density at radius 2 is 2.11 bits per heavy atom. The van der Waals surface area contributed by atoms with E-state index in [9.17, 15) is 9.18 Å². The van der Waals surface area contributed by atoms with Crippen LogP contribution in [0.3, 0.4) is 0 Å². The van der Waals surface area contributed by atoms with E-state index in [0.717, 1.165) is 11.4 Å². The maximum absolute atomic E-state index is 12.8. The summed E-state index contributed by atoms with van der Waals surface area (Å²) in [7, 11) is 1.78. The molecule has 2 rings (SSSR count). The minimum atomic E-state index is -0.292. The maximum Gasteiger partial charge on any atom is 0.245 e. The van der Waals surface area contributed by atoms with Gasteiger partial charge in [-0.1, -0.05) is 0 Å². The number of thiazole rings is 1. The number of nitrogens with zero attached hydrogens (tertiary/aromatic N) is 2. The molecule has 0 radical (unpaired) electrons. The third-order valence-corrected chi connectivity index (χ3v) is 3.39. The van der Waals surface area contributed by atoms with E-state index in [-0.39, 0.29) is 18.3 Å². The highest BCUT2D eigenvalue weighted by Crippen LogP contribution is 2.15. The molecule has 0 unspecified atom stereocenters. The lowest BCUT2D eigenvalue weighted by molar-refractivity contribution is -0.114. The van der Waals surface area contributed by atoms with Crippen molar-refractivity contribution in [2.24, 2.45) is 0 Å². The number of carbonyl (C=O) groups excluding carboxylic acids is 1. The molecule has 1 amide bonds. The molecule has 4 nitrogen and oxygen atoms in total. The number of anilines is 2. The fourth-order valence-corrected chi connectivity index (χ4v) is 2.28. The molecule has 6 heteroatoms. The summed E-state index contributed by atoms with van der Waals surface area (Å²) in [6.07, 6.45) is 0. The van der Waals surface area contributed by atoms with Gasteiger partial charge < -0.3 is 10.2 Å². The van der Waals surface area contributed by atoms with E-state index in [4.69, 9.17) is 0 Å². The van der Waals surface area contributed by atoms with E-state index in [1.165, 1.54) is 23.5 Å². The van der Waals surface area contributed by atoms with Crippen LogP contribution in [0.15, 0.2) is 29.6 Å². The number of carbonyl (C=O) groups is 1. The van der Waals surface area contributed by atoms with Crippen molar-refractivity contribution in [3.8, 4) is 0 Å². The Kier molecular flexibility index (Phi) is 4.11. The van der Waals surface area contributed by atoms with Crippen LogP contribution in [-0.4, -0.2) is 24.5 Å². The summed E-state index contributed by atoms with van der Waals surface area (Å²) >= 11 is 1.39. The van der Waals surface area contributed by atoms with E-state index >= 15 is 0 Å². The zero-order chi connectivity index (χ0) is 13.8. The first-order chi connectivity index (χ1) is 9.04.